The lowest BCUT2D eigenvalue weighted by Crippen LogP contribution is -2.50. The molecule has 360 valence electrons. The fourth-order valence-corrected chi connectivity index (χ4v) is 6.98. The van der Waals surface area contributed by atoms with Crippen LogP contribution in [-0.4, -0.2) is 80.6 Å². The number of hydrogen-bond acceptors (Lipinski definition) is 6. The van der Waals surface area contributed by atoms with Crippen LogP contribution in [0.5, 0.6) is 0 Å². The number of unbranched alkanes of at least 4 members (excludes halogenated alkanes) is 16. The highest BCUT2D eigenvalue weighted by Gasteiger charge is 2.31. The van der Waals surface area contributed by atoms with Gasteiger partial charge < -0.3 is 23.8 Å². The normalized spacial score (nSPS) is 13.6. The summed E-state index contributed by atoms with van der Waals surface area (Å²) in [5.74, 6) is -1.49. The van der Waals surface area contributed by atoms with Crippen LogP contribution in [-0.2, 0) is 28.6 Å². The second-order valence-corrected chi connectivity index (χ2v) is 17.7. The van der Waals surface area contributed by atoms with Crippen LogP contribution in [0.2, 0.25) is 0 Å². The zero-order chi connectivity index (χ0) is 46.3. The van der Waals surface area contributed by atoms with E-state index in [1.807, 2.05) is 21.1 Å². The van der Waals surface area contributed by atoms with Crippen molar-refractivity contribution in [2.45, 2.75) is 206 Å². The molecule has 0 aliphatic heterocycles. The smallest absolute Gasteiger partial charge is 0.362 e. The van der Waals surface area contributed by atoms with Gasteiger partial charge >= 0.3 is 17.9 Å². The lowest BCUT2D eigenvalue weighted by molar-refractivity contribution is -0.887. The van der Waals surface area contributed by atoms with Gasteiger partial charge in [0.15, 0.2) is 12.1 Å². The van der Waals surface area contributed by atoms with Crippen molar-refractivity contribution < 1.29 is 38.2 Å². The van der Waals surface area contributed by atoms with Crippen molar-refractivity contribution in [3.05, 3.63) is 85.1 Å². The number of aliphatic carboxylic acids is 1. The highest BCUT2D eigenvalue weighted by Crippen LogP contribution is 2.14. The molecule has 0 heterocycles. The first-order valence-corrected chi connectivity index (χ1v) is 25.1. The molecule has 0 saturated heterocycles. The predicted molar refractivity (Wildman–Crippen MR) is 266 cm³/mol. The van der Waals surface area contributed by atoms with Gasteiger partial charge in [-0.15, -0.1) is 0 Å². The SMILES string of the molecule is CC/C=C/C/C=C/C/C=C/C/C=C/CCCCCCCCCC(=O)OC(COCCC(C(=O)O)[N+](C)(C)C)COC(=O)CCCCCCCCCCC/C=C/C/C=C/C/C=C/CC. The number of hydrogen-bond donors (Lipinski definition) is 1. The van der Waals surface area contributed by atoms with E-state index in [9.17, 15) is 19.5 Å². The Morgan fingerprint density at radius 3 is 1.24 bits per heavy atom. The largest absolute Gasteiger partial charge is 0.477 e. The van der Waals surface area contributed by atoms with Crippen LogP contribution in [0.15, 0.2) is 85.1 Å². The van der Waals surface area contributed by atoms with Crippen molar-refractivity contribution in [2.24, 2.45) is 0 Å². The number of carbonyl (C=O) groups is 3. The Bertz CT molecular complexity index is 1300. The molecule has 0 amide bonds. The molecule has 0 aromatic rings. The summed E-state index contributed by atoms with van der Waals surface area (Å²) in [6.45, 7) is 4.50. The molecule has 1 N–H and O–H groups in total. The van der Waals surface area contributed by atoms with Crippen LogP contribution >= 0.6 is 0 Å². The Morgan fingerprint density at radius 1 is 0.476 bits per heavy atom. The summed E-state index contributed by atoms with van der Waals surface area (Å²) in [4.78, 5) is 37.2. The quantitative estimate of drug-likeness (QED) is 0.0282. The van der Waals surface area contributed by atoms with Gasteiger partial charge in [-0.25, -0.2) is 4.79 Å². The molecule has 63 heavy (non-hydrogen) atoms. The van der Waals surface area contributed by atoms with Crippen LogP contribution in [0.25, 0.3) is 0 Å². The zero-order valence-electron chi connectivity index (χ0n) is 41.0. The van der Waals surface area contributed by atoms with Gasteiger partial charge in [-0.1, -0.05) is 176 Å². The third kappa shape index (κ3) is 43.5. The number of nitrogens with zero attached hydrogens (tertiary/aromatic N) is 1. The summed E-state index contributed by atoms with van der Waals surface area (Å²) in [5.41, 5.74) is 0. The number of carboxylic acids is 1. The Hall–Kier alpha value is -3.49. The van der Waals surface area contributed by atoms with E-state index in [-0.39, 0.29) is 36.2 Å². The van der Waals surface area contributed by atoms with E-state index in [1.54, 1.807) is 0 Å². The molecule has 0 aromatic heterocycles. The van der Waals surface area contributed by atoms with Crippen LogP contribution in [0.1, 0.15) is 194 Å². The molecule has 0 spiro atoms. The number of esters is 2. The molecular formula is C55H94NO7+. The Balaban J connectivity index is 4.30. The minimum atomic E-state index is -0.880. The maximum atomic E-state index is 12.8. The zero-order valence-corrected chi connectivity index (χ0v) is 41.0. The summed E-state index contributed by atoms with van der Waals surface area (Å²) < 4.78 is 17.3. The fraction of sp³-hybridized carbons (Fsp3) is 0.691. The summed E-state index contributed by atoms with van der Waals surface area (Å²) >= 11 is 0. The Morgan fingerprint density at radius 2 is 0.841 bits per heavy atom. The van der Waals surface area contributed by atoms with Crippen LogP contribution in [0.4, 0.5) is 0 Å². The third-order valence-electron chi connectivity index (χ3n) is 10.8. The fourth-order valence-electron chi connectivity index (χ4n) is 6.98. The van der Waals surface area contributed by atoms with Gasteiger partial charge in [0.25, 0.3) is 0 Å². The Labute approximate surface area is 386 Å². The van der Waals surface area contributed by atoms with Gasteiger partial charge in [0.05, 0.1) is 34.4 Å². The summed E-state index contributed by atoms with van der Waals surface area (Å²) in [7, 11) is 5.52. The summed E-state index contributed by atoms with van der Waals surface area (Å²) in [5, 5.41) is 9.65. The second kappa shape index (κ2) is 45.1. The molecule has 2 unspecified atom stereocenters. The number of allylic oxidation sites excluding steroid dienone is 14. The topological polar surface area (TPSA) is 99.1 Å². The highest BCUT2D eigenvalue weighted by atomic mass is 16.6. The molecule has 0 bridgehead atoms. The van der Waals surface area contributed by atoms with Crippen molar-refractivity contribution in [1.29, 1.82) is 0 Å². The lowest BCUT2D eigenvalue weighted by atomic mass is 10.1. The number of carbonyl (C=O) groups excluding carboxylic acids is 2. The molecule has 0 saturated carbocycles. The first-order valence-electron chi connectivity index (χ1n) is 25.1. The van der Waals surface area contributed by atoms with Gasteiger partial charge in [0, 0.05) is 19.3 Å². The standard InChI is InChI=1S/C55H93NO7/c1-6-8-10-12-14-16-18-20-22-24-26-28-30-32-34-36-38-40-42-44-46-54(58)63-51(49-61-48-47-52(55(59)60)56(3,4)5)50-62-53(57)45-43-41-39-37-35-33-31-29-27-25-23-21-19-17-15-13-11-9-7-2/h8-11,14-17,20-23,26,28,51-52H,6-7,12-13,18-19,24-25,27,29-50H2,1-5H3/p+1/b10-8+,11-9+,16-14+,17-15+,22-20+,23-21+,28-26+. The minimum Gasteiger partial charge on any atom is -0.477 e. The average molecular weight is 881 g/mol. The number of quaternary nitrogens is 1. The molecule has 0 fully saturated rings. The Kier molecular flexibility index (Phi) is 42.6. The first kappa shape index (κ1) is 59.5. The van der Waals surface area contributed by atoms with Crippen LogP contribution in [0, 0.1) is 0 Å². The maximum Gasteiger partial charge on any atom is 0.362 e. The van der Waals surface area contributed by atoms with E-state index in [2.05, 4.69) is 98.9 Å². The maximum absolute atomic E-state index is 12.8. The molecule has 2 atom stereocenters. The van der Waals surface area contributed by atoms with E-state index in [4.69, 9.17) is 14.2 Å². The molecule has 8 heteroatoms. The van der Waals surface area contributed by atoms with E-state index in [1.165, 1.54) is 57.8 Å². The number of likely N-dealkylation sites (N-methyl/N-ethyl adjacent to an activating group) is 1. The molecule has 0 radical (unpaired) electrons. The molecule has 0 aromatic carbocycles. The van der Waals surface area contributed by atoms with Crippen molar-refractivity contribution >= 4 is 17.9 Å². The van der Waals surface area contributed by atoms with Crippen LogP contribution < -0.4 is 0 Å². The van der Waals surface area contributed by atoms with Gasteiger partial charge in [0.1, 0.15) is 6.61 Å². The van der Waals surface area contributed by atoms with Crippen molar-refractivity contribution in [1.82, 2.24) is 0 Å². The van der Waals surface area contributed by atoms with E-state index >= 15 is 0 Å². The number of rotatable bonds is 44. The van der Waals surface area contributed by atoms with Gasteiger partial charge in [-0.05, 0) is 83.5 Å². The summed E-state index contributed by atoms with van der Waals surface area (Å²) in [6.07, 6.45) is 59.1. The van der Waals surface area contributed by atoms with E-state index in [0.717, 1.165) is 103 Å². The van der Waals surface area contributed by atoms with Gasteiger partial charge in [-0.2, -0.15) is 0 Å². The molecule has 0 aliphatic rings. The second-order valence-electron chi connectivity index (χ2n) is 17.7. The van der Waals surface area contributed by atoms with E-state index < -0.39 is 18.1 Å². The lowest BCUT2D eigenvalue weighted by Gasteiger charge is -2.31. The van der Waals surface area contributed by atoms with Crippen molar-refractivity contribution in [3.8, 4) is 0 Å². The molecule has 0 rings (SSSR count). The van der Waals surface area contributed by atoms with Gasteiger partial charge in [0.2, 0.25) is 0 Å². The third-order valence-corrected chi connectivity index (χ3v) is 10.8. The van der Waals surface area contributed by atoms with E-state index in [0.29, 0.717) is 19.3 Å². The monoisotopic (exact) mass is 881 g/mol. The summed E-state index contributed by atoms with van der Waals surface area (Å²) in [6, 6.07) is -0.622. The van der Waals surface area contributed by atoms with Crippen molar-refractivity contribution in [2.75, 3.05) is 41.0 Å². The van der Waals surface area contributed by atoms with Crippen LogP contribution in [0.3, 0.4) is 0 Å². The number of ether oxygens (including phenoxy) is 3. The minimum absolute atomic E-state index is 0.0507. The number of carboxylic acid groups (broad SMARTS) is 1. The molecule has 0 aliphatic carbocycles. The average Bonchev–Trinajstić information content (AvgIpc) is 3.24. The molecular weight excluding hydrogens is 787 g/mol. The predicted octanol–water partition coefficient (Wildman–Crippen LogP) is 14.5. The highest BCUT2D eigenvalue weighted by molar-refractivity contribution is 5.72. The first-order chi connectivity index (χ1) is 30.6. The molecule has 8 nitrogen and oxygen atoms in total. The van der Waals surface area contributed by atoms with Gasteiger partial charge in [-0.3, -0.25) is 9.59 Å². The van der Waals surface area contributed by atoms with Crippen molar-refractivity contribution in [3.63, 3.8) is 0 Å².